The molecule has 0 aromatic carbocycles. The van der Waals surface area contributed by atoms with E-state index in [1.54, 1.807) is 6.08 Å². The van der Waals surface area contributed by atoms with Gasteiger partial charge in [-0.25, -0.2) is 4.18 Å². The number of allylic oxidation sites excluding steroid dienone is 5. The molecule has 1 fully saturated rings. The molecule has 7 N–H and O–H groups in total. The van der Waals surface area contributed by atoms with Gasteiger partial charge in [-0.1, -0.05) is 179 Å². The third-order valence-electron chi connectivity index (χ3n) is 11.5. The molecule has 1 amide bonds. The maximum absolute atomic E-state index is 13.1. The van der Waals surface area contributed by atoms with E-state index in [2.05, 4.69) is 47.7 Å². The molecule has 13 nitrogen and oxygen atoms in total. The maximum Gasteiger partial charge on any atom is 0.397 e. The van der Waals surface area contributed by atoms with Crippen LogP contribution in [0.25, 0.3) is 0 Å². The zero-order chi connectivity index (χ0) is 45.7. The van der Waals surface area contributed by atoms with Crippen molar-refractivity contribution in [2.45, 2.75) is 249 Å². The molecule has 364 valence electrons. The van der Waals surface area contributed by atoms with Crippen LogP contribution in [0, 0.1) is 0 Å². The molecule has 1 aliphatic heterocycles. The Bertz CT molecular complexity index is 1260. The Hall–Kier alpha value is -1.72. The van der Waals surface area contributed by atoms with Crippen LogP contribution in [0.15, 0.2) is 36.5 Å². The fraction of sp³-hybridized carbons (Fsp3) is 0.854. The number of aliphatic hydroxyl groups is 5. The lowest BCUT2D eigenvalue weighted by Gasteiger charge is -2.41. The highest BCUT2D eigenvalue weighted by Crippen LogP contribution is 2.26. The number of carbonyl (C=O) groups excluding carboxylic acids is 1. The van der Waals surface area contributed by atoms with Crippen LogP contribution >= 0.6 is 0 Å². The van der Waals surface area contributed by atoms with E-state index in [4.69, 9.17) is 9.47 Å². The van der Waals surface area contributed by atoms with Gasteiger partial charge in [0.2, 0.25) is 5.91 Å². The Kier molecular flexibility index (Phi) is 36.2. The monoisotopic (exact) mass is 904 g/mol. The van der Waals surface area contributed by atoms with Crippen molar-refractivity contribution < 1.29 is 57.0 Å². The second kappa shape index (κ2) is 38.5. The summed E-state index contributed by atoms with van der Waals surface area (Å²) < 4.78 is 47.5. The van der Waals surface area contributed by atoms with E-state index in [1.165, 1.54) is 109 Å². The molecule has 8 unspecified atom stereocenters. The molecule has 14 heteroatoms. The van der Waals surface area contributed by atoms with Crippen LogP contribution in [0.2, 0.25) is 0 Å². The largest absolute Gasteiger partial charge is 0.397 e. The highest BCUT2D eigenvalue weighted by molar-refractivity contribution is 7.80. The molecule has 62 heavy (non-hydrogen) atoms. The smallest absolute Gasteiger partial charge is 0.394 e. The normalized spacial score (nSPS) is 21.3. The molecule has 1 heterocycles. The van der Waals surface area contributed by atoms with Gasteiger partial charge in [-0.05, 0) is 57.8 Å². The number of aliphatic hydroxyl groups excluding tert-OH is 5. The van der Waals surface area contributed by atoms with Gasteiger partial charge in [-0.3, -0.25) is 9.35 Å². The summed E-state index contributed by atoms with van der Waals surface area (Å²) in [7, 11) is -5.12. The number of unbranched alkanes of at least 4 members (excludes halogenated alkanes) is 24. The quantitative estimate of drug-likeness (QED) is 0.0174. The van der Waals surface area contributed by atoms with Crippen LogP contribution < -0.4 is 5.32 Å². The first-order valence-corrected chi connectivity index (χ1v) is 25.8. The number of amides is 1. The summed E-state index contributed by atoms with van der Waals surface area (Å²) in [5.74, 6) is -0.718. The predicted molar refractivity (Wildman–Crippen MR) is 247 cm³/mol. The number of hydrogen-bond donors (Lipinski definition) is 7. The third-order valence-corrected chi connectivity index (χ3v) is 12.0. The number of nitrogens with one attached hydrogen (secondary N) is 1. The van der Waals surface area contributed by atoms with Gasteiger partial charge in [0.1, 0.15) is 30.5 Å². The van der Waals surface area contributed by atoms with Gasteiger partial charge >= 0.3 is 10.4 Å². The maximum atomic E-state index is 13.1. The summed E-state index contributed by atoms with van der Waals surface area (Å²) in [6.07, 6.45) is 33.8. The average molecular weight is 904 g/mol. The van der Waals surface area contributed by atoms with Crippen molar-refractivity contribution in [2.75, 3.05) is 13.2 Å². The van der Waals surface area contributed by atoms with Crippen molar-refractivity contribution in [3.8, 4) is 0 Å². The van der Waals surface area contributed by atoms with Crippen molar-refractivity contribution in [2.24, 2.45) is 0 Å². The zero-order valence-corrected chi connectivity index (χ0v) is 39.4. The number of hydrogen-bond acceptors (Lipinski definition) is 11. The SMILES string of the molecule is CCCCCCCC/C=C/CC/C=C/C(O)C(COC1OC(CO)C(O)C(OS(=O)(=O)O)C1O)NC(=O)C(O)CCCCCCCC/C=C\CCCCCCCCCCCCC. The Morgan fingerprint density at radius 3 is 1.55 bits per heavy atom. The third kappa shape index (κ3) is 30.4. The number of rotatable bonds is 41. The fourth-order valence-corrected chi connectivity index (χ4v) is 8.10. The summed E-state index contributed by atoms with van der Waals surface area (Å²) in [6, 6.07) is -1.14. The highest BCUT2D eigenvalue weighted by atomic mass is 32.3. The van der Waals surface area contributed by atoms with Gasteiger partial charge in [-0.15, -0.1) is 0 Å². The Morgan fingerprint density at radius 1 is 0.645 bits per heavy atom. The Morgan fingerprint density at radius 2 is 1.08 bits per heavy atom. The zero-order valence-electron chi connectivity index (χ0n) is 38.5. The van der Waals surface area contributed by atoms with Crippen molar-refractivity contribution in [1.82, 2.24) is 5.32 Å². The van der Waals surface area contributed by atoms with Crippen LogP contribution in [0.3, 0.4) is 0 Å². The van der Waals surface area contributed by atoms with E-state index in [1.807, 2.05) is 0 Å². The minimum Gasteiger partial charge on any atom is -0.394 e. The summed E-state index contributed by atoms with van der Waals surface area (Å²) in [4.78, 5) is 13.1. The number of ether oxygens (including phenoxy) is 2. The molecule has 8 atom stereocenters. The van der Waals surface area contributed by atoms with E-state index >= 15 is 0 Å². The van der Waals surface area contributed by atoms with Crippen LogP contribution in [-0.4, -0.2) is 107 Å². The van der Waals surface area contributed by atoms with Crippen LogP contribution in [0.4, 0.5) is 0 Å². The van der Waals surface area contributed by atoms with E-state index in [9.17, 15) is 43.3 Å². The van der Waals surface area contributed by atoms with E-state index in [0.717, 1.165) is 64.2 Å². The molecular formula is C48H89NO12S. The van der Waals surface area contributed by atoms with Crippen LogP contribution in [0.5, 0.6) is 0 Å². The topological polar surface area (TPSA) is 212 Å². The predicted octanol–water partition coefficient (Wildman–Crippen LogP) is 8.86. The minimum atomic E-state index is -5.12. The molecule has 0 aliphatic carbocycles. The Balaban J connectivity index is 2.51. The molecule has 0 spiro atoms. The Labute approximate surface area is 376 Å². The lowest BCUT2D eigenvalue weighted by molar-refractivity contribution is -0.298. The molecule has 0 aromatic heterocycles. The van der Waals surface area contributed by atoms with Gasteiger partial charge in [0.15, 0.2) is 6.29 Å². The average Bonchev–Trinajstić information content (AvgIpc) is 3.24. The molecule has 1 rings (SSSR count). The van der Waals surface area contributed by atoms with Crippen molar-refractivity contribution in [3.05, 3.63) is 36.5 Å². The first-order chi connectivity index (χ1) is 29.9. The van der Waals surface area contributed by atoms with E-state index in [-0.39, 0.29) is 6.42 Å². The van der Waals surface area contributed by atoms with Gasteiger partial charge in [0.05, 0.1) is 25.4 Å². The minimum absolute atomic E-state index is 0.230. The first kappa shape index (κ1) is 58.3. The van der Waals surface area contributed by atoms with Crippen molar-refractivity contribution >= 4 is 16.3 Å². The molecular weight excluding hydrogens is 815 g/mol. The molecule has 1 aliphatic rings. The standard InChI is InChI=1S/C48H89NO12S/c1-3-5-7-9-11-13-15-17-18-19-20-21-22-23-24-25-27-29-31-33-35-37-42(52)47(55)49-40(41(51)36-34-32-30-28-26-16-14-12-10-8-6-4-2)39-59-48-45(54)46(61-62(56,57)58)44(53)43(38-50)60-48/h22-23,26,28,34,36,40-46,48,50-54H,3-21,24-25,27,29-33,35,37-39H2,1-2H3,(H,49,55)(H,56,57,58)/b23-22-,28-26+,36-34+. The van der Waals surface area contributed by atoms with Gasteiger partial charge in [0, 0.05) is 0 Å². The van der Waals surface area contributed by atoms with Crippen molar-refractivity contribution in [1.29, 1.82) is 0 Å². The molecule has 1 saturated heterocycles. The lowest BCUT2D eigenvalue weighted by atomic mass is 9.99. The van der Waals surface area contributed by atoms with Gasteiger partial charge in [-0.2, -0.15) is 8.42 Å². The van der Waals surface area contributed by atoms with Crippen LogP contribution in [0.1, 0.15) is 200 Å². The van der Waals surface area contributed by atoms with E-state index < -0.39 is 78.5 Å². The number of carbonyl (C=O) groups is 1. The molecule has 0 radical (unpaired) electrons. The van der Waals surface area contributed by atoms with Gasteiger partial charge in [0.25, 0.3) is 0 Å². The summed E-state index contributed by atoms with van der Waals surface area (Å²) in [5.41, 5.74) is 0. The van der Waals surface area contributed by atoms with Gasteiger partial charge < -0.3 is 40.3 Å². The van der Waals surface area contributed by atoms with Crippen molar-refractivity contribution in [3.63, 3.8) is 0 Å². The second-order valence-corrected chi connectivity index (χ2v) is 18.2. The summed E-state index contributed by atoms with van der Waals surface area (Å²) >= 11 is 0. The first-order valence-electron chi connectivity index (χ1n) is 24.5. The molecule has 0 saturated carbocycles. The fourth-order valence-electron chi connectivity index (χ4n) is 7.59. The van der Waals surface area contributed by atoms with Crippen LogP contribution in [-0.2, 0) is 28.9 Å². The summed E-state index contributed by atoms with van der Waals surface area (Å²) in [6.45, 7) is 3.18. The van der Waals surface area contributed by atoms with E-state index in [0.29, 0.717) is 12.8 Å². The second-order valence-electron chi connectivity index (χ2n) is 17.2. The lowest BCUT2D eigenvalue weighted by Crippen LogP contribution is -2.61. The molecule has 0 bridgehead atoms. The molecule has 0 aromatic rings. The highest BCUT2D eigenvalue weighted by Gasteiger charge is 2.48. The summed E-state index contributed by atoms with van der Waals surface area (Å²) in [5, 5.41) is 55.2.